The number of methoxy groups -OCH3 is 1. The Kier molecular flexibility index (Phi) is 4.39. The van der Waals surface area contributed by atoms with Crippen LogP contribution in [-0.2, 0) is 4.74 Å². The lowest BCUT2D eigenvalue weighted by molar-refractivity contribution is 0.0599. The van der Waals surface area contributed by atoms with Crippen LogP contribution in [0, 0.1) is 19.7 Å². The molecule has 0 amide bonds. The highest BCUT2D eigenvalue weighted by molar-refractivity contribution is 7.99. The van der Waals surface area contributed by atoms with Gasteiger partial charge in [-0.15, -0.1) is 0 Å². The molecule has 20 heavy (non-hydrogen) atoms. The average molecular weight is 291 g/mol. The maximum absolute atomic E-state index is 12.9. The first kappa shape index (κ1) is 14.5. The van der Waals surface area contributed by atoms with E-state index in [0.29, 0.717) is 5.56 Å². The molecule has 5 heteroatoms. The minimum Gasteiger partial charge on any atom is -0.465 e. The molecule has 0 saturated carbocycles. The van der Waals surface area contributed by atoms with E-state index < -0.39 is 5.97 Å². The quantitative estimate of drug-likeness (QED) is 0.807. The third-order valence-electron chi connectivity index (χ3n) is 3.03. The van der Waals surface area contributed by atoms with Crippen LogP contribution in [0.2, 0.25) is 0 Å². The van der Waals surface area contributed by atoms with Gasteiger partial charge in [0.2, 0.25) is 0 Å². The largest absolute Gasteiger partial charge is 0.465 e. The fraction of sp³-hybridized carbons (Fsp3) is 0.200. The number of benzene rings is 1. The van der Waals surface area contributed by atoms with Gasteiger partial charge >= 0.3 is 5.97 Å². The van der Waals surface area contributed by atoms with Crippen molar-refractivity contribution in [1.82, 2.24) is 4.98 Å². The second kappa shape index (κ2) is 6.05. The Morgan fingerprint density at radius 1 is 1.20 bits per heavy atom. The van der Waals surface area contributed by atoms with Crippen molar-refractivity contribution >= 4 is 17.7 Å². The van der Waals surface area contributed by atoms with Crippen LogP contribution in [-0.4, -0.2) is 18.1 Å². The second-order valence-electron chi connectivity index (χ2n) is 4.27. The highest BCUT2D eigenvalue weighted by Crippen LogP contribution is 2.30. The van der Waals surface area contributed by atoms with Gasteiger partial charge in [0.25, 0.3) is 0 Å². The molecule has 1 aromatic heterocycles. The zero-order valence-electron chi connectivity index (χ0n) is 11.4. The number of esters is 1. The fourth-order valence-corrected chi connectivity index (χ4v) is 2.62. The molecule has 0 aliphatic heterocycles. The molecule has 0 fully saturated rings. The van der Waals surface area contributed by atoms with Gasteiger partial charge in [0, 0.05) is 11.1 Å². The number of hydrogen-bond acceptors (Lipinski definition) is 4. The first-order valence-electron chi connectivity index (χ1n) is 6.01. The van der Waals surface area contributed by atoms with Gasteiger partial charge in [0.05, 0.1) is 12.7 Å². The van der Waals surface area contributed by atoms with E-state index in [-0.39, 0.29) is 5.82 Å². The van der Waals surface area contributed by atoms with E-state index in [0.717, 1.165) is 21.0 Å². The van der Waals surface area contributed by atoms with Gasteiger partial charge in [-0.3, -0.25) is 0 Å². The van der Waals surface area contributed by atoms with E-state index in [1.165, 1.54) is 37.2 Å². The van der Waals surface area contributed by atoms with Gasteiger partial charge < -0.3 is 4.74 Å². The van der Waals surface area contributed by atoms with Gasteiger partial charge in [-0.1, -0.05) is 11.8 Å². The summed E-state index contributed by atoms with van der Waals surface area (Å²) in [5.74, 6) is -0.660. The normalized spacial score (nSPS) is 10.4. The Labute approximate surface area is 121 Å². The number of rotatable bonds is 3. The highest BCUT2D eigenvalue weighted by Gasteiger charge is 2.15. The van der Waals surface area contributed by atoms with Gasteiger partial charge in [0.15, 0.2) is 0 Å². The molecule has 0 atom stereocenters. The molecule has 0 saturated heterocycles. The Bertz CT molecular complexity index is 641. The molecular weight excluding hydrogens is 277 g/mol. The predicted octanol–water partition coefficient (Wildman–Crippen LogP) is 3.78. The minimum absolute atomic E-state index is 0.267. The Hall–Kier alpha value is -1.88. The maximum Gasteiger partial charge on any atom is 0.339 e. The molecule has 0 aliphatic rings. The van der Waals surface area contributed by atoms with Crippen molar-refractivity contribution < 1.29 is 13.9 Å². The molecule has 0 aliphatic carbocycles. The van der Waals surface area contributed by atoms with Gasteiger partial charge in [-0.25, -0.2) is 14.2 Å². The van der Waals surface area contributed by atoms with Crippen LogP contribution < -0.4 is 0 Å². The van der Waals surface area contributed by atoms with E-state index in [1.807, 2.05) is 13.8 Å². The molecule has 1 heterocycles. The number of aromatic nitrogens is 1. The molecule has 0 radical (unpaired) electrons. The van der Waals surface area contributed by atoms with Gasteiger partial charge in [-0.05, 0) is 49.2 Å². The van der Waals surface area contributed by atoms with E-state index in [1.54, 1.807) is 12.1 Å². The summed E-state index contributed by atoms with van der Waals surface area (Å²) in [5, 5.41) is 0.793. The van der Waals surface area contributed by atoms with Crippen LogP contribution >= 0.6 is 11.8 Å². The number of pyridine rings is 1. The van der Waals surface area contributed by atoms with Crippen molar-refractivity contribution in [3.63, 3.8) is 0 Å². The summed E-state index contributed by atoms with van der Waals surface area (Å²) in [4.78, 5) is 16.8. The SMILES string of the molecule is COC(=O)c1cnc(Sc2ccc(F)cc2)c(C)c1C. The third-order valence-corrected chi connectivity index (χ3v) is 4.14. The number of halogens is 1. The third kappa shape index (κ3) is 2.99. The molecule has 3 nitrogen and oxygen atoms in total. The molecule has 0 unspecified atom stereocenters. The monoisotopic (exact) mass is 291 g/mol. The van der Waals surface area contributed by atoms with Gasteiger partial charge in [-0.2, -0.15) is 0 Å². The predicted molar refractivity (Wildman–Crippen MR) is 75.6 cm³/mol. The van der Waals surface area contributed by atoms with Crippen molar-refractivity contribution in [2.24, 2.45) is 0 Å². The average Bonchev–Trinajstić information content (AvgIpc) is 2.45. The summed E-state index contributed by atoms with van der Waals surface area (Å²) in [7, 11) is 1.35. The topological polar surface area (TPSA) is 39.2 Å². The number of ether oxygens (including phenoxy) is 1. The summed E-state index contributed by atoms with van der Waals surface area (Å²) in [6.07, 6.45) is 1.51. The lowest BCUT2D eigenvalue weighted by Gasteiger charge is -2.10. The summed E-state index contributed by atoms with van der Waals surface area (Å²) in [6, 6.07) is 6.22. The van der Waals surface area contributed by atoms with Crippen molar-refractivity contribution in [2.75, 3.05) is 7.11 Å². The number of nitrogens with zero attached hydrogens (tertiary/aromatic N) is 1. The molecule has 1 aromatic carbocycles. The van der Waals surface area contributed by atoms with E-state index in [2.05, 4.69) is 4.98 Å². The van der Waals surface area contributed by atoms with E-state index in [9.17, 15) is 9.18 Å². The van der Waals surface area contributed by atoms with Crippen LogP contribution in [0.5, 0.6) is 0 Å². The molecule has 2 rings (SSSR count). The van der Waals surface area contributed by atoms with Crippen LogP contribution in [0.4, 0.5) is 4.39 Å². The molecule has 0 N–H and O–H groups in total. The fourth-order valence-electron chi connectivity index (χ4n) is 1.71. The Morgan fingerprint density at radius 2 is 1.85 bits per heavy atom. The summed E-state index contributed by atoms with van der Waals surface area (Å²) in [6.45, 7) is 3.76. The molecule has 0 spiro atoms. The summed E-state index contributed by atoms with van der Waals surface area (Å²) < 4.78 is 17.6. The minimum atomic E-state index is -0.392. The van der Waals surface area contributed by atoms with Crippen molar-refractivity contribution in [3.8, 4) is 0 Å². The van der Waals surface area contributed by atoms with Crippen LogP contribution in [0.25, 0.3) is 0 Å². The standard InChI is InChI=1S/C15H14FNO2S/c1-9-10(2)14(17-8-13(9)15(18)19-3)20-12-6-4-11(16)5-7-12/h4-8H,1-3H3. The Balaban J connectivity index is 2.32. The zero-order chi connectivity index (χ0) is 14.7. The van der Waals surface area contributed by atoms with Crippen molar-refractivity contribution in [2.45, 2.75) is 23.8 Å². The van der Waals surface area contributed by atoms with E-state index >= 15 is 0 Å². The van der Waals surface area contributed by atoms with Crippen molar-refractivity contribution in [3.05, 3.63) is 53.0 Å². The summed E-state index contributed by atoms with van der Waals surface area (Å²) >= 11 is 1.44. The van der Waals surface area contributed by atoms with Gasteiger partial charge in [0.1, 0.15) is 10.8 Å². The molecule has 104 valence electrons. The first-order valence-corrected chi connectivity index (χ1v) is 6.82. The summed E-state index contributed by atoms with van der Waals surface area (Å²) in [5.41, 5.74) is 2.23. The number of carbonyl (C=O) groups excluding carboxylic acids is 1. The number of hydrogen-bond donors (Lipinski definition) is 0. The lowest BCUT2D eigenvalue weighted by Crippen LogP contribution is -2.06. The zero-order valence-corrected chi connectivity index (χ0v) is 12.3. The van der Waals surface area contributed by atoms with Crippen LogP contribution in [0.1, 0.15) is 21.5 Å². The highest BCUT2D eigenvalue weighted by atomic mass is 32.2. The van der Waals surface area contributed by atoms with E-state index in [4.69, 9.17) is 4.74 Å². The molecular formula is C15H14FNO2S. The number of carbonyl (C=O) groups is 1. The van der Waals surface area contributed by atoms with Crippen LogP contribution in [0.15, 0.2) is 40.4 Å². The smallest absolute Gasteiger partial charge is 0.339 e. The Morgan fingerprint density at radius 3 is 2.45 bits per heavy atom. The van der Waals surface area contributed by atoms with Crippen LogP contribution in [0.3, 0.4) is 0 Å². The lowest BCUT2D eigenvalue weighted by atomic mass is 10.1. The van der Waals surface area contributed by atoms with Crippen molar-refractivity contribution in [1.29, 1.82) is 0 Å². The second-order valence-corrected chi connectivity index (χ2v) is 5.34. The molecule has 0 bridgehead atoms. The maximum atomic E-state index is 12.9. The molecule has 2 aromatic rings. The first-order chi connectivity index (χ1) is 9.52.